The molecule has 0 aromatic heterocycles. The summed E-state index contributed by atoms with van der Waals surface area (Å²) >= 11 is 0. The van der Waals surface area contributed by atoms with Gasteiger partial charge >= 0.3 is 5.69 Å². The van der Waals surface area contributed by atoms with Crippen molar-refractivity contribution < 1.29 is 10.1 Å². The monoisotopic (exact) mass is 179 g/mol. The second-order valence-electron chi connectivity index (χ2n) is 3.15. The number of nitrogens with zero attached hydrogens (tertiary/aromatic N) is 1. The largest absolute Gasteiger partial charge is 0.316 e. The molecule has 0 amide bonds. The van der Waals surface area contributed by atoms with Gasteiger partial charge in [0, 0.05) is 18.7 Å². The van der Waals surface area contributed by atoms with Crippen LogP contribution in [0.3, 0.4) is 0 Å². The summed E-state index contributed by atoms with van der Waals surface area (Å²) in [5, 5.41) is 11.9. The molecule has 1 aliphatic heterocycles. The van der Waals surface area contributed by atoms with Crippen LogP contribution in [0, 0.1) is 4.91 Å². The van der Waals surface area contributed by atoms with E-state index < -0.39 is 0 Å². The van der Waals surface area contributed by atoms with Gasteiger partial charge in [-0.15, -0.1) is 0 Å². The van der Waals surface area contributed by atoms with Crippen molar-refractivity contribution in [2.24, 2.45) is 0 Å². The van der Waals surface area contributed by atoms with E-state index >= 15 is 0 Å². The lowest BCUT2D eigenvalue weighted by Crippen LogP contribution is -2.23. The van der Waals surface area contributed by atoms with Crippen molar-refractivity contribution in [3.05, 3.63) is 34.2 Å². The smallest absolute Gasteiger partial charge is 0.312 e. The van der Waals surface area contributed by atoms with Crippen molar-refractivity contribution in [1.29, 1.82) is 0 Å². The lowest BCUT2D eigenvalue weighted by atomic mass is 10.0. The molecule has 0 spiro atoms. The fourth-order valence-corrected chi connectivity index (χ4v) is 1.59. The van der Waals surface area contributed by atoms with Gasteiger partial charge in [-0.05, 0) is 24.1 Å². The highest BCUT2D eigenvalue weighted by Crippen LogP contribution is 2.19. The van der Waals surface area contributed by atoms with E-state index in [1.165, 1.54) is 5.56 Å². The first kappa shape index (κ1) is 8.19. The van der Waals surface area contributed by atoms with Crippen molar-refractivity contribution in [3.8, 4) is 0 Å². The fraction of sp³-hybridized carbons (Fsp3) is 0.333. The van der Waals surface area contributed by atoms with E-state index in [0.29, 0.717) is 5.69 Å². The van der Waals surface area contributed by atoms with Gasteiger partial charge in [-0.3, -0.25) is 0 Å². The summed E-state index contributed by atoms with van der Waals surface area (Å²) in [6, 6.07) is 5.25. The van der Waals surface area contributed by atoms with Gasteiger partial charge in [0.2, 0.25) is 0 Å². The van der Waals surface area contributed by atoms with Gasteiger partial charge in [0.05, 0.1) is 4.91 Å². The van der Waals surface area contributed by atoms with Crippen LogP contribution in [0.5, 0.6) is 0 Å². The second-order valence-corrected chi connectivity index (χ2v) is 3.15. The fourth-order valence-electron chi connectivity index (χ4n) is 1.59. The topological polar surface area (TPSA) is 52.3 Å². The van der Waals surface area contributed by atoms with Crippen LogP contribution in [0.1, 0.15) is 11.1 Å². The van der Waals surface area contributed by atoms with Gasteiger partial charge in [-0.2, -0.15) is 0 Å². The lowest BCUT2D eigenvalue weighted by Gasteiger charge is -2.15. The Morgan fingerprint density at radius 1 is 1.38 bits per heavy atom. The normalized spacial score (nSPS) is 15.1. The standard InChI is InChI=1S/C9H11N2O2/c12-11(13)9-2-1-7-3-4-10-6-8(7)5-9/h1-2,5,10H,3-4,6H2,(H,12,13)/q+1. The van der Waals surface area contributed by atoms with E-state index in [1.54, 1.807) is 12.1 Å². The van der Waals surface area contributed by atoms with E-state index in [-0.39, 0.29) is 4.92 Å². The van der Waals surface area contributed by atoms with Gasteiger partial charge in [-0.1, -0.05) is 6.07 Å². The van der Waals surface area contributed by atoms with E-state index in [1.807, 2.05) is 6.07 Å². The maximum Gasteiger partial charge on any atom is 0.316 e. The third-order valence-corrected chi connectivity index (χ3v) is 2.30. The minimum Gasteiger partial charge on any atom is -0.312 e. The molecule has 0 unspecified atom stereocenters. The van der Waals surface area contributed by atoms with Crippen molar-refractivity contribution in [3.63, 3.8) is 0 Å². The molecular formula is C9H11N2O2+. The molecule has 1 aromatic rings. The number of hydrogen-bond acceptors (Lipinski definition) is 2. The highest BCUT2D eigenvalue weighted by atomic mass is 16.6. The van der Waals surface area contributed by atoms with E-state index in [2.05, 4.69) is 5.32 Å². The Kier molecular flexibility index (Phi) is 1.98. The van der Waals surface area contributed by atoms with Crippen LogP contribution < -0.4 is 5.32 Å². The summed E-state index contributed by atoms with van der Waals surface area (Å²) in [6.45, 7) is 1.75. The first-order chi connectivity index (χ1) is 6.27. The SMILES string of the molecule is O=[N+](O)c1ccc2c(c1)CNCC2. The molecule has 13 heavy (non-hydrogen) atoms. The molecule has 0 aliphatic carbocycles. The van der Waals surface area contributed by atoms with E-state index in [9.17, 15) is 4.91 Å². The molecule has 4 heteroatoms. The average molecular weight is 179 g/mol. The molecule has 0 saturated heterocycles. The van der Waals surface area contributed by atoms with Crippen LogP contribution in [-0.4, -0.2) is 16.7 Å². The third kappa shape index (κ3) is 1.53. The Morgan fingerprint density at radius 2 is 2.23 bits per heavy atom. The molecule has 0 fully saturated rings. The van der Waals surface area contributed by atoms with Gasteiger partial charge < -0.3 is 5.32 Å². The molecule has 1 aromatic carbocycles. The first-order valence-corrected chi connectivity index (χ1v) is 4.26. The summed E-state index contributed by atoms with van der Waals surface area (Å²) in [6.07, 6.45) is 0.986. The van der Waals surface area contributed by atoms with Gasteiger partial charge in [0.25, 0.3) is 4.92 Å². The number of hydrogen-bond donors (Lipinski definition) is 2. The van der Waals surface area contributed by atoms with Crippen LogP contribution in [0.2, 0.25) is 0 Å². The molecule has 1 heterocycles. The maximum absolute atomic E-state index is 10.6. The molecule has 0 atom stereocenters. The van der Waals surface area contributed by atoms with E-state index in [0.717, 1.165) is 25.1 Å². The summed E-state index contributed by atoms with van der Waals surface area (Å²) in [5.41, 5.74) is 2.64. The zero-order chi connectivity index (χ0) is 9.26. The highest BCUT2D eigenvalue weighted by molar-refractivity contribution is 5.40. The van der Waals surface area contributed by atoms with Crippen molar-refractivity contribution in [2.45, 2.75) is 13.0 Å². The molecule has 4 nitrogen and oxygen atoms in total. The minimum atomic E-state index is -0.102. The van der Waals surface area contributed by atoms with Gasteiger partial charge in [0.15, 0.2) is 0 Å². The molecule has 2 rings (SSSR count). The number of nitrogens with one attached hydrogen (secondary N) is 1. The van der Waals surface area contributed by atoms with Crippen molar-refractivity contribution in [1.82, 2.24) is 5.32 Å². The molecule has 0 radical (unpaired) electrons. The average Bonchev–Trinajstić information content (AvgIpc) is 2.17. The predicted molar refractivity (Wildman–Crippen MR) is 46.9 cm³/mol. The Hall–Kier alpha value is -1.42. The first-order valence-electron chi connectivity index (χ1n) is 4.26. The molecule has 68 valence electrons. The number of rotatable bonds is 1. The van der Waals surface area contributed by atoms with Crippen LogP contribution in [0.4, 0.5) is 5.69 Å². The molecular weight excluding hydrogens is 168 g/mol. The predicted octanol–water partition coefficient (Wildman–Crippen LogP) is 1.13. The number of fused-ring (bicyclic) bond motifs is 1. The summed E-state index contributed by atoms with van der Waals surface area (Å²) < 4.78 is 0. The summed E-state index contributed by atoms with van der Waals surface area (Å²) in [4.78, 5) is 10.5. The number of benzene rings is 1. The quantitative estimate of drug-likeness (QED) is 0.635. The zero-order valence-corrected chi connectivity index (χ0v) is 7.16. The Bertz CT molecular complexity index is 349. The Balaban J connectivity index is 2.40. The van der Waals surface area contributed by atoms with Gasteiger partial charge in [-0.25, -0.2) is 5.21 Å². The third-order valence-electron chi connectivity index (χ3n) is 2.30. The summed E-state index contributed by atoms with van der Waals surface area (Å²) in [7, 11) is 0. The van der Waals surface area contributed by atoms with Crippen LogP contribution in [0.15, 0.2) is 18.2 Å². The Morgan fingerprint density at radius 3 is 3.00 bits per heavy atom. The lowest BCUT2D eigenvalue weighted by molar-refractivity contribution is -0.729. The molecule has 1 aliphatic rings. The Labute approximate surface area is 75.7 Å². The van der Waals surface area contributed by atoms with E-state index in [4.69, 9.17) is 5.21 Å². The van der Waals surface area contributed by atoms with Crippen molar-refractivity contribution in [2.75, 3.05) is 6.54 Å². The van der Waals surface area contributed by atoms with Crippen LogP contribution >= 0.6 is 0 Å². The minimum absolute atomic E-state index is 0.102. The van der Waals surface area contributed by atoms with Crippen LogP contribution in [0.25, 0.3) is 0 Å². The second kappa shape index (κ2) is 3.14. The van der Waals surface area contributed by atoms with Crippen molar-refractivity contribution >= 4 is 5.69 Å². The molecule has 0 saturated carbocycles. The van der Waals surface area contributed by atoms with Gasteiger partial charge in [0.1, 0.15) is 0 Å². The maximum atomic E-state index is 10.6. The summed E-state index contributed by atoms with van der Waals surface area (Å²) in [5.74, 6) is 0. The molecule has 2 N–H and O–H groups in total. The molecule has 0 bridgehead atoms. The highest BCUT2D eigenvalue weighted by Gasteiger charge is 2.16. The zero-order valence-electron chi connectivity index (χ0n) is 7.16. The van der Waals surface area contributed by atoms with Crippen LogP contribution in [-0.2, 0) is 13.0 Å².